The number of rotatable bonds is 5. The Morgan fingerprint density at radius 1 is 1.14 bits per heavy atom. The number of hydrogen-bond donors (Lipinski definition) is 0. The first-order chi connectivity index (χ1) is 13.6. The summed E-state index contributed by atoms with van der Waals surface area (Å²) in [5, 5.41) is 11.0. The molecule has 0 spiro atoms. The number of ether oxygens (including phenoxy) is 1. The molecular weight excluding hydrogens is 360 g/mol. The van der Waals surface area contributed by atoms with Crippen LogP contribution >= 0.6 is 0 Å². The number of tetrazole rings is 1. The fraction of sp³-hybridized carbons (Fsp3) is 0.158. The molecule has 0 N–H and O–H groups in total. The van der Waals surface area contributed by atoms with Crippen LogP contribution in [0.3, 0.4) is 0 Å². The number of pyridine rings is 1. The number of carbonyl (C=O) groups is 1. The maximum atomic E-state index is 12.2. The zero-order chi connectivity index (χ0) is 19.5. The van der Waals surface area contributed by atoms with Gasteiger partial charge in [0.25, 0.3) is 5.56 Å². The van der Waals surface area contributed by atoms with Crippen LogP contribution in [0.4, 0.5) is 0 Å². The van der Waals surface area contributed by atoms with Crippen LogP contribution in [0.5, 0.6) is 0 Å². The second-order valence-electron chi connectivity index (χ2n) is 6.28. The van der Waals surface area contributed by atoms with Crippen molar-refractivity contribution in [3.8, 4) is 5.69 Å². The zero-order valence-electron chi connectivity index (χ0n) is 15.0. The van der Waals surface area contributed by atoms with Crippen molar-refractivity contribution < 1.29 is 9.53 Å². The molecule has 4 rings (SSSR count). The Balaban J connectivity index is 1.40. The quantitative estimate of drug-likeness (QED) is 0.483. The van der Waals surface area contributed by atoms with E-state index in [2.05, 4.69) is 20.5 Å². The molecule has 0 saturated heterocycles. The topological polar surface area (TPSA) is 104 Å². The van der Waals surface area contributed by atoms with Crippen molar-refractivity contribution in [3.63, 3.8) is 0 Å². The van der Waals surface area contributed by atoms with Gasteiger partial charge in [-0.3, -0.25) is 14.0 Å². The van der Waals surface area contributed by atoms with Crippen molar-refractivity contribution in [2.24, 2.45) is 0 Å². The van der Waals surface area contributed by atoms with Crippen molar-refractivity contribution in [1.29, 1.82) is 0 Å². The number of benzene rings is 1. The molecule has 1 aromatic carbocycles. The highest BCUT2D eigenvalue weighted by molar-refractivity contribution is 5.72. The number of fused-ring (bicyclic) bond motifs is 1. The molecule has 0 bridgehead atoms. The number of aromatic nitrogens is 6. The molecule has 28 heavy (non-hydrogen) atoms. The van der Waals surface area contributed by atoms with Crippen LogP contribution in [-0.2, 0) is 22.6 Å². The minimum Gasteiger partial charge on any atom is -0.459 e. The molecule has 0 unspecified atom stereocenters. The third-order valence-electron chi connectivity index (χ3n) is 4.14. The van der Waals surface area contributed by atoms with Gasteiger partial charge >= 0.3 is 5.97 Å². The van der Waals surface area contributed by atoms with Gasteiger partial charge < -0.3 is 4.74 Å². The van der Waals surface area contributed by atoms with Crippen molar-refractivity contribution in [2.75, 3.05) is 0 Å². The fourth-order valence-corrected chi connectivity index (χ4v) is 2.75. The Hall–Kier alpha value is -3.88. The van der Waals surface area contributed by atoms with Crippen molar-refractivity contribution in [1.82, 2.24) is 29.6 Å². The van der Waals surface area contributed by atoms with E-state index in [1.807, 2.05) is 25.1 Å². The third kappa shape index (κ3) is 3.78. The van der Waals surface area contributed by atoms with Gasteiger partial charge in [-0.25, -0.2) is 9.67 Å². The Bertz CT molecular complexity index is 1180. The second kappa shape index (κ2) is 7.39. The summed E-state index contributed by atoms with van der Waals surface area (Å²) in [5.41, 5.74) is 3.26. The summed E-state index contributed by atoms with van der Waals surface area (Å²) in [6, 6.07) is 12.2. The molecule has 3 heterocycles. The first kappa shape index (κ1) is 17.5. The van der Waals surface area contributed by atoms with E-state index in [1.165, 1.54) is 21.5 Å². The lowest BCUT2D eigenvalue weighted by atomic mass is 10.1. The Morgan fingerprint density at radius 2 is 1.96 bits per heavy atom. The van der Waals surface area contributed by atoms with Crippen LogP contribution in [0.25, 0.3) is 11.3 Å². The summed E-state index contributed by atoms with van der Waals surface area (Å²) in [7, 11) is 0. The maximum absolute atomic E-state index is 12.2. The van der Waals surface area contributed by atoms with E-state index >= 15 is 0 Å². The van der Waals surface area contributed by atoms with Gasteiger partial charge in [-0.05, 0) is 46.7 Å². The molecule has 140 valence electrons. The van der Waals surface area contributed by atoms with Crippen molar-refractivity contribution in [3.05, 3.63) is 82.2 Å². The molecule has 0 aliphatic carbocycles. The molecule has 4 aromatic rings. The first-order valence-electron chi connectivity index (χ1n) is 8.55. The van der Waals surface area contributed by atoms with Gasteiger partial charge in [0.05, 0.1) is 17.8 Å². The van der Waals surface area contributed by atoms with Crippen molar-refractivity contribution >= 4 is 11.6 Å². The van der Waals surface area contributed by atoms with Crippen LogP contribution in [-0.4, -0.2) is 35.6 Å². The highest BCUT2D eigenvalue weighted by Gasteiger charge is 2.09. The molecule has 0 amide bonds. The molecule has 9 nitrogen and oxygen atoms in total. The van der Waals surface area contributed by atoms with E-state index < -0.39 is 5.97 Å². The normalized spacial score (nSPS) is 10.9. The molecule has 9 heteroatoms. The molecule has 0 aliphatic rings. The van der Waals surface area contributed by atoms with Crippen LogP contribution in [0.2, 0.25) is 0 Å². The minimum absolute atomic E-state index is 0.0544. The Kier molecular flexibility index (Phi) is 4.63. The van der Waals surface area contributed by atoms with Crippen molar-refractivity contribution in [2.45, 2.75) is 20.0 Å². The number of carbonyl (C=O) groups excluding carboxylic acids is 1. The largest absolute Gasteiger partial charge is 0.459 e. The van der Waals surface area contributed by atoms with Gasteiger partial charge in [-0.1, -0.05) is 18.2 Å². The summed E-state index contributed by atoms with van der Waals surface area (Å²) in [6.45, 7) is 1.85. The second-order valence-corrected chi connectivity index (χ2v) is 6.28. The monoisotopic (exact) mass is 376 g/mol. The highest BCUT2D eigenvalue weighted by Crippen LogP contribution is 2.09. The standard InChI is InChI=1S/C19H16N6O3/c1-13-2-7-17-21-15(9-18(26)24(17)10-13)11-28-19(27)8-14-3-5-16(6-4-14)25-12-20-22-23-25/h2-7,9-10,12H,8,11H2,1H3. The molecule has 0 fully saturated rings. The molecule has 0 aliphatic heterocycles. The lowest BCUT2D eigenvalue weighted by Crippen LogP contribution is -2.17. The molecular formula is C19H16N6O3. The predicted molar refractivity (Wildman–Crippen MR) is 98.9 cm³/mol. The van der Waals surface area contributed by atoms with E-state index in [0.29, 0.717) is 11.3 Å². The maximum Gasteiger partial charge on any atom is 0.310 e. The van der Waals surface area contributed by atoms with E-state index in [0.717, 1.165) is 16.8 Å². The number of aryl methyl sites for hydroxylation is 1. The van der Waals surface area contributed by atoms with Crippen LogP contribution < -0.4 is 5.56 Å². The zero-order valence-corrected chi connectivity index (χ0v) is 15.0. The third-order valence-corrected chi connectivity index (χ3v) is 4.14. The summed E-state index contributed by atoms with van der Waals surface area (Å²) in [6.07, 6.45) is 3.32. The number of esters is 1. The summed E-state index contributed by atoms with van der Waals surface area (Å²) in [4.78, 5) is 28.7. The fourth-order valence-electron chi connectivity index (χ4n) is 2.75. The minimum atomic E-state index is -0.402. The van der Waals surface area contributed by atoms with Gasteiger partial charge in [-0.15, -0.1) is 5.10 Å². The molecule has 0 saturated carbocycles. The summed E-state index contributed by atoms with van der Waals surface area (Å²) >= 11 is 0. The van der Waals surface area contributed by atoms with E-state index in [4.69, 9.17) is 4.74 Å². The summed E-state index contributed by atoms with van der Waals surface area (Å²) < 4.78 is 8.26. The number of nitrogens with zero attached hydrogens (tertiary/aromatic N) is 6. The van der Waals surface area contributed by atoms with E-state index in [9.17, 15) is 9.59 Å². The summed E-state index contributed by atoms with van der Waals surface area (Å²) in [5.74, 6) is -0.402. The van der Waals surface area contributed by atoms with E-state index in [1.54, 1.807) is 24.4 Å². The number of hydrogen-bond acceptors (Lipinski definition) is 7. The highest BCUT2D eigenvalue weighted by atomic mass is 16.5. The van der Waals surface area contributed by atoms with Gasteiger partial charge in [0.15, 0.2) is 0 Å². The Morgan fingerprint density at radius 3 is 2.71 bits per heavy atom. The first-order valence-corrected chi connectivity index (χ1v) is 8.55. The van der Waals surface area contributed by atoms with Gasteiger partial charge in [0, 0.05) is 12.3 Å². The van der Waals surface area contributed by atoms with Gasteiger partial charge in [0.2, 0.25) is 0 Å². The SMILES string of the molecule is Cc1ccc2nc(COC(=O)Cc3ccc(-n4cnnn4)cc3)cc(=O)n2c1. The molecule has 3 aromatic heterocycles. The van der Waals surface area contributed by atoms with E-state index in [-0.39, 0.29) is 18.6 Å². The van der Waals surface area contributed by atoms with Crippen LogP contribution in [0.1, 0.15) is 16.8 Å². The average Bonchev–Trinajstić information content (AvgIpc) is 3.22. The van der Waals surface area contributed by atoms with Gasteiger partial charge in [-0.2, -0.15) is 0 Å². The van der Waals surface area contributed by atoms with Crippen LogP contribution in [0, 0.1) is 6.92 Å². The lowest BCUT2D eigenvalue weighted by molar-refractivity contribution is -0.144. The van der Waals surface area contributed by atoms with Crippen LogP contribution in [0.15, 0.2) is 59.8 Å². The molecule has 0 atom stereocenters. The van der Waals surface area contributed by atoms with Gasteiger partial charge in [0.1, 0.15) is 18.6 Å². The predicted octanol–water partition coefficient (Wildman–Crippen LogP) is 1.26. The molecule has 0 radical (unpaired) electrons. The Labute approximate surface area is 159 Å². The lowest BCUT2D eigenvalue weighted by Gasteiger charge is -2.07. The average molecular weight is 376 g/mol. The smallest absolute Gasteiger partial charge is 0.310 e.